The SMILES string of the molecule is CCNC1(c2nc(C(C)C)cs2)CCC(C)(C)C1. The van der Waals surface area contributed by atoms with Crippen molar-refractivity contribution < 1.29 is 0 Å². The van der Waals surface area contributed by atoms with Crippen molar-refractivity contribution in [3.63, 3.8) is 0 Å². The number of hydrogen-bond acceptors (Lipinski definition) is 3. The molecule has 1 saturated carbocycles. The van der Waals surface area contributed by atoms with Crippen LogP contribution in [0.3, 0.4) is 0 Å². The molecule has 0 radical (unpaired) electrons. The predicted octanol–water partition coefficient (Wildman–Crippen LogP) is 4.28. The highest BCUT2D eigenvalue weighted by molar-refractivity contribution is 7.09. The van der Waals surface area contributed by atoms with E-state index in [1.807, 2.05) is 11.3 Å². The number of nitrogens with one attached hydrogen (secondary N) is 1. The van der Waals surface area contributed by atoms with Crippen molar-refractivity contribution in [3.8, 4) is 0 Å². The second-order valence-corrected chi connectivity index (χ2v) is 7.54. The molecule has 0 amide bonds. The Morgan fingerprint density at radius 1 is 1.39 bits per heavy atom. The predicted molar refractivity (Wildman–Crippen MR) is 79.2 cm³/mol. The van der Waals surface area contributed by atoms with Crippen molar-refractivity contribution in [3.05, 3.63) is 16.1 Å². The lowest BCUT2D eigenvalue weighted by molar-refractivity contribution is 0.292. The van der Waals surface area contributed by atoms with Crippen LogP contribution in [-0.4, -0.2) is 11.5 Å². The van der Waals surface area contributed by atoms with E-state index in [-0.39, 0.29) is 5.54 Å². The van der Waals surface area contributed by atoms with E-state index in [1.54, 1.807) is 0 Å². The molecule has 1 aliphatic carbocycles. The topological polar surface area (TPSA) is 24.9 Å². The number of nitrogens with zero attached hydrogens (tertiary/aromatic N) is 1. The maximum Gasteiger partial charge on any atom is 0.113 e. The molecule has 1 unspecified atom stereocenters. The quantitative estimate of drug-likeness (QED) is 0.879. The molecule has 1 N–H and O–H groups in total. The lowest BCUT2D eigenvalue weighted by Crippen LogP contribution is -2.40. The minimum Gasteiger partial charge on any atom is -0.306 e. The van der Waals surface area contributed by atoms with Crippen LogP contribution < -0.4 is 5.32 Å². The van der Waals surface area contributed by atoms with Gasteiger partial charge in [-0.2, -0.15) is 0 Å². The molecular weight excluding hydrogens is 240 g/mol. The lowest BCUT2D eigenvalue weighted by Gasteiger charge is -2.30. The standard InChI is InChI=1S/C15H26N2S/c1-6-16-15(8-7-14(4,5)10-15)13-17-12(9-18-13)11(2)3/h9,11,16H,6-8,10H2,1-5H3. The van der Waals surface area contributed by atoms with Crippen LogP contribution in [0.15, 0.2) is 5.38 Å². The molecule has 3 heteroatoms. The van der Waals surface area contributed by atoms with E-state index in [4.69, 9.17) is 4.98 Å². The van der Waals surface area contributed by atoms with Crippen molar-refractivity contribution >= 4 is 11.3 Å². The zero-order chi connectivity index (χ0) is 13.4. The van der Waals surface area contributed by atoms with Gasteiger partial charge in [0.25, 0.3) is 0 Å². The van der Waals surface area contributed by atoms with Gasteiger partial charge in [-0.25, -0.2) is 4.98 Å². The summed E-state index contributed by atoms with van der Waals surface area (Å²) in [6, 6.07) is 0. The number of aromatic nitrogens is 1. The van der Waals surface area contributed by atoms with Crippen LogP contribution in [0.1, 0.15) is 70.5 Å². The molecule has 0 saturated heterocycles. The number of rotatable bonds is 4. The van der Waals surface area contributed by atoms with Crippen LogP contribution in [0.4, 0.5) is 0 Å². The summed E-state index contributed by atoms with van der Waals surface area (Å²) in [5.74, 6) is 0.531. The normalized spacial score (nSPS) is 27.0. The number of hydrogen-bond donors (Lipinski definition) is 1. The van der Waals surface area contributed by atoms with Crippen LogP contribution >= 0.6 is 11.3 Å². The zero-order valence-corrected chi connectivity index (χ0v) is 13.2. The molecule has 2 nitrogen and oxygen atoms in total. The molecule has 1 heterocycles. The third-order valence-corrected chi connectivity index (χ3v) is 5.11. The van der Waals surface area contributed by atoms with Crippen LogP contribution in [0, 0.1) is 5.41 Å². The van der Waals surface area contributed by atoms with Gasteiger partial charge in [-0.3, -0.25) is 0 Å². The summed E-state index contributed by atoms with van der Waals surface area (Å²) in [5, 5.41) is 7.27. The first-order valence-corrected chi connectivity index (χ1v) is 7.97. The first-order valence-electron chi connectivity index (χ1n) is 7.09. The Balaban J connectivity index is 2.30. The van der Waals surface area contributed by atoms with Gasteiger partial charge >= 0.3 is 0 Å². The van der Waals surface area contributed by atoms with E-state index in [0.717, 1.165) is 6.54 Å². The van der Waals surface area contributed by atoms with Gasteiger partial charge in [0.2, 0.25) is 0 Å². The second kappa shape index (κ2) is 4.93. The van der Waals surface area contributed by atoms with Gasteiger partial charge in [0.15, 0.2) is 0 Å². The highest BCUT2D eigenvalue weighted by Crippen LogP contribution is 2.49. The summed E-state index contributed by atoms with van der Waals surface area (Å²) >= 11 is 1.84. The average Bonchev–Trinajstić information content (AvgIpc) is 2.84. The van der Waals surface area contributed by atoms with Gasteiger partial charge in [-0.15, -0.1) is 11.3 Å². The molecule has 102 valence electrons. The Kier molecular flexibility index (Phi) is 3.84. The summed E-state index contributed by atoms with van der Waals surface area (Å²) in [6.45, 7) is 12.4. The van der Waals surface area contributed by atoms with Gasteiger partial charge in [-0.1, -0.05) is 34.6 Å². The molecule has 1 fully saturated rings. The monoisotopic (exact) mass is 266 g/mol. The molecule has 0 aliphatic heterocycles. The van der Waals surface area contributed by atoms with Crippen molar-refractivity contribution in [1.29, 1.82) is 0 Å². The van der Waals surface area contributed by atoms with E-state index in [2.05, 4.69) is 45.3 Å². The molecule has 0 bridgehead atoms. The molecule has 1 atom stereocenters. The Labute approximate surface area is 115 Å². The highest BCUT2D eigenvalue weighted by Gasteiger charge is 2.45. The van der Waals surface area contributed by atoms with E-state index < -0.39 is 0 Å². The molecule has 2 rings (SSSR count). The van der Waals surface area contributed by atoms with E-state index >= 15 is 0 Å². The third kappa shape index (κ3) is 2.62. The van der Waals surface area contributed by atoms with Crippen molar-refractivity contribution in [2.24, 2.45) is 5.41 Å². The molecule has 1 aromatic heterocycles. The zero-order valence-electron chi connectivity index (χ0n) is 12.3. The van der Waals surface area contributed by atoms with Gasteiger partial charge in [0, 0.05) is 5.38 Å². The first kappa shape index (κ1) is 14.0. The fraction of sp³-hybridized carbons (Fsp3) is 0.800. The minimum absolute atomic E-state index is 0.135. The Morgan fingerprint density at radius 2 is 2.11 bits per heavy atom. The minimum atomic E-state index is 0.135. The van der Waals surface area contributed by atoms with Gasteiger partial charge < -0.3 is 5.32 Å². The second-order valence-electron chi connectivity index (χ2n) is 6.69. The van der Waals surface area contributed by atoms with E-state index in [0.29, 0.717) is 11.3 Å². The smallest absolute Gasteiger partial charge is 0.113 e. The van der Waals surface area contributed by atoms with Crippen LogP contribution in [0.2, 0.25) is 0 Å². The molecule has 1 aromatic rings. The van der Waals surface area contributed by atoms with E-state index in [9.17, 15) is 0 Å². The molecule has 0 aromatic carbocycles. The maximum atomic E-state index is 4.90. The summed E-state index contributed by atoms with van der Waals surface area (Å²) in [6.07, 6.45) is 3.72. The molecule has 18 heavy (non-hydrogen) atoms. The fourth-order valence-corrected chi connectivity index (χ4v) is 4.25. The molecule has 0 spiro atoms. The average molecular weight is 266 g/mol. The van der Waals surface area contributed by atoms with Gasteiger partial charge in [0.1, 0.15) is 5.01 Å². The van der Waals surface area contributed by atoms with Crippen LogP contribution in [0.5, 0.6) is 0 Å². The summed E-state index contributed by atoms with van der Waals surface area (Å²) in [5.41, 5.74) is 1.82. The number of thiazole rings is 1. The van der Waals surface area contributed by atoms with Crippen molar-refractivity contribution in [2.75, 3.05) is 6.54 Å². The van der Waals surface area contributed by atoms with Crippen LogP contribution in [0.25, 0.3) is 0 Å². The Hall–Kier alpha value is -0.410. The Morgan fingerprint density at radius 3 is 2.56 bits per heavy atom. The van der Waals surface area contributed by atoms with Gasteiger partial charge in [-0.05, 0) is 37.1 Å². The molecular formula is C15H26N2S. The lowest BCUT2D eigenvalue weighted by atomic mass is 9.88. The fourth-order valence-electron chi connectivity index (χ4n) is 3.06. The van der Waals surface area contributed by atoms with Crippen LogP contribution in [-0.2, 0) is 5.54 Å². The highest BCUT2D eigenvalue weighted by atomic mass is 32.1. The summed E-state index contributed by atoms with van der Waals surface area (Å²) in [4.78, 5) is 4.90. The molecule has 1 aliphatic rings. The van der Waals surface area contributed by atoms with Crippen molar-refractivity contribution in [1.82, 2.24) is 10.3 Å². The van der Waals surface area contributed by atoms with E-state index in [1.165, 1.54) is 30.0 Å². The first-order chi connectivity index (χ1) is 8.38. The maximum absolute atomic E-state index is 4.90. The third-order valence-electron chi connectivity index (χ3n) is 4.05. The van der Waals surface area contributed by atoms with Gasteiger partial charge in [0.05, 0.1) is 11.2 Å². The van der Waals surface area contributed by atoms with Crippen molar-refractivity contribution in [2.45, 2.75) is 65.3 Å². The summed E-state index contributed by atoms with van der Waals surface area (Å²) in [7, 11) is 0. The summed E-state index contributed by atoms with van der Waals surface area (Å²) < 4.78 is 0. The largest absolute Gasteiger partial charge is 0.306 e. The Bertz CT molecular complexity index is 408.